The number of aromatic nitrogens is 3. The Balaban J connectivity index is 1.64. The van der Waals surface area contributed by atoms with Crippen molar-refractivity contribution in [2.75, 3.05) is 6.54 Å². The van der Waals surface area contributed by atoms with Crippen LogP contribution in [0.25, 0.3) is 5.69 Å². The molecule has 7 heteroatoms. The van der Waals surface area contributed by atoms with Gasteiger partial charge in [-0.25, -0.2) is 0 Å². The van der Waals surface area contributed by atoms with E-state index in [2.05, 4.69) is 15.5 Å². The zero-order chi connectivity index (χ0) is 16.9. The van der Waals surface area contributed by atoms with Crippen LogP contribution >= 0.6 is 11.6 Å². The quantitative estimate of drug-likeness (QED) is 0.746. The van der Waals surface area contributed by atoms with Gasteiger partial charge < -0.3 is 10.4 Å². The smallest absolute Gasteiger partial charge is 0.273 e. The van der Waals surface area contributed by atoms with Crippen molar-refractivity contribution >= 4 is 17.5 Å². The van der Waals surface area contributed by atoms with Gasteiger partial charge in [0.05, 0.1) is 18.0 Å². The predicted octanol–water partition coefficient (Wildman–Crippen LogP) is 2.38. The Bertz CT molecular complexity index is 835. The molecule has 24 heavy (non-hydrogen) atoms. The lowest BCUT2D eigenvalue weighted by Gasteiger charge is -2.12. The summed E-state index contributed by atoms with van der Waals surface area (Å²) in [6.45, 7) is 0.0285. The lowest BCUT2D eigenvalue weighted by molar-refractivity contribution is 0.0911. The van der Waals surface area contributed by atoms with Gasteiger partial charge in [-0.1, -0.05) is 48.0 Å². The Morgan fingerprint density at radius 3 is 2.62 bits per heavy atom. The van der Waals surface area contributed by atoms with E-state index in [1.54, 1.807) is 24.3 Å². The third-order valence-electron chi connectivity index (χ3n) is 3.43. The molecule has 1 heterocycles. The van der Waals surface area contributed by atoms with E-state index in [1.807, 2.05) is 30.3 Å². The third kappa shape index (κ3) is 3.61. The van der Waals surface area contributed by atoms with Crippen molar-refractivity contribution in [3.63, 3.8) is 0 Å². The number of carbonyl (C=O) groups excluding carboxylic acids is 1. The summed E-state index contributed by atoms with van der Waals surface area (Å²) in [6, 6.07) is 16.2. The molecule has 0 saturated heterocycles. The first kappa shape index (κ1) is 16.2. The van der Waals surface area contributed by atoms with Crippen LogP contribution in [-0.2, 0) is 0 Å². The van der Waals surface area contributed by atoms with Crippen LogP contribution in [0.15, 0.2) is 60.8 Å². The van der Waals surface area contributed by atoms with Crippen LogP contribution in [0.4, 0.5) is 0 Å². The van der Waals surface area contributed by atoms with Crippen LogP contribution in [0.2, 0.25) is 5.02 Å². The number of para-hydroxylation sites is 1. The molecule has 0 radical (unpaired) electrons. The molecule has 1 aromatic heterocycles. The first-order chi connectivity index (χ1) is 11.6. The van der Waals surface area contributed by atoms with E-state index in [-0.39, 0.29) is 12.2 Å². The van der Waals surface area contributed by atoms with Crippen LogP contribution in [0.5, 0.6) is 0 Å². The maximum Gasteiger partial charge on any atom is 0.273 e. The monoisotopic (exact) mass is 342 g/mol. The van der Waals surface area contributed by atoms with E-state index in [1.165, 1.54) is 11.0 Å². The first-order valence-corrected chi connectivity index (χ1v) is 7.71. The molecule has 1 atom stereocenters. The maximum atomic E-state index is 12.1. The van der Waals surface area contributed by atoms with Gasteiger partial charge >= 0.3 is 0 Å². The highest BCUT2D eigenvalue weighted by Crippen LogP contribution is 2.21. The van der Waals surface area contributed by atoms with E-state index < -0.39 is 12.0 Å². The number of aliphatic hydroxyl groups excluding tert-OH is 1. The van der Waals surface area contributed by atoms with Crippen molar-refractivity contribution in [3.05, 3.63) is 77.1 Å². The molecule has 3 aromatic rings. The van der Waals surface area contributed by atoms with Gasteiger partial charge in [0.15, 0.2) is 5.69 Å². The Hall–Kier alpha value is -2.70. The van der Waals surface area contributed by atoms with Crippen molar-refractivity contribution in [2.45, 2.75) is 6.10 Å². The zero-order valence-electron chi connectivity index (χ0n) is 12.6. The molecule has 122 valence electrons. The number of nitrogens with one attached hydrogen (secondary N) is 1. The fourth-order valence-corrected chi connectivity index (χ4v) is 2.45. The maximum absolute atomic E-state index is 12.1. The summed E-state index contributed by atoms with van der Waals surface area (Å²) in [7, 11) is 0. The van der Waals surface area contributed by atoms with Gasteiger partial charge in [0.25, 0.3) is 5.91 Å². The largest absolute Gasteiger partial charge is 0.387 e. The summed E-state index contributed by atoms with van der Waals surface area (Å²) in [6.07, 6.45) is 0.483. The van der Waals surface area contributed by atoms with Gasteiger partial charge in [0.1, 0.15) is 0 Å². The van der Waals surface area contributed by atoms with Crippen LogP contribution in [0, 0.1) is 0 Å². The van der Waals surface area contributed by atoms with E-state index in [4.69, 9.17) is 11.6 Å². The molecule has 0 bridgehead atoms. The van der Waals surface area contributed by atoms with E-state index >= 15 is 0 Å². The fraction of sp³-hybridized carbons (Fsp3) is 0.118. The average molecular weight is 343 g/mol. The number of rotatable bonds is 5. The number of hydrogen-bond acceptors (Lipinski definition) is 4. The summed E-state index contributed by atoms with van der Waals surface area (Å²) in [4.78, 5) is 13.5. The molecule has 2 N–H and O–H groups in total. The minimum Gasteiger partial charge on any atom is -0.387 e. The van der Waals surface area contributed by atoms with Crippen LogP contribution in [0.3, 0.4) is 0 Å². The Kier molecular flexibility index (Phi) is 4.88. The number of hydrogen-bond donors (Lipinski definition) is 2. The van der Waals surface area contributed by atoms with Gasteiger partial charge in [0, 0.05) is 17.1 Å². The summed E-state index contributed by atoms with van der Waals surface area (Å²) < 4.78 is 0. The number of amides is 1. The normalized spacial score (nSPS) is 11.9. The highest BCUT2D eigenvalue weighted by atomic mass is 35.5. The molecule has 1 unspecified atom stereocenters. The number of aliphatic hydroxyl groups is 1. The van der Waals surface area contributed by atoms with Crippen molar-refractivity contribution < 1.29 is 9.90 Å². The molecule has 0 spiro atoms. The molecule has 2 aromatic carbocycles. The van der Waals surface area contributed by atoms with Crippen LogP contribution in [-0.4, -0.2) is 32.6 Å². The van der Waals surface area contributed by atoms with E-state index in [0.717, 1.165) is 5.69 Å². The summed E-state index contributed by atoms with van der Waals surface area (Å²) in [5, 5.41) is 21.4. The van der Waals surface area contributed by atoms with Crippen molar-refractivity contribution in [3.8, 4) is 5.69 Å². The Morgan fingerprint density at radius 2 is 1.88 bits per heavy atom. The lowest BCUT2D eigenvalue weighted by Crippen LogP contribution is -2.28. The zero-order valence-corrected chi connectivity index (χ0v) is 13.4. The standard InChI is InChI=1S/C17H15ClN4O2/c18-14-9-5-4-8-13(14)16(23)11-19-17(24)15-10-20-22(21-15)12-6-2-1-3-7-12/h1-10,16,23H,11H2,(H,19,24). The first-order valence-electron chi connectivity index (χ1n) is 7.33. The second kappa shape index (κ2) is 7.25. The number of halogens is 1. The second-order valence-electron chi connectivity index (χ2n) is 5.10. The SMILES string of the molecule is O=C(NCC(O)c1ccccc1Cl)c1cnn(-c2ccccc2)n1. The molecular formula is C17H15ClN4O2. The van der Waals surface area contributed by atoms with Crippen molar-refractivity contribution in [1.29, 1.82) is 0 Å². The van der Waals surface area contributed by atoms with E-state index in [9.17, 15) is 9.90 Å². The molecule has 0 aliphatic rings. The fourth-order valence-electron chi connectivity index (χ4n) is 2.19. The van der Waals surface area contributed by atoms with Crippen molar-refractivity contribution in [1.82, 2.24) is 20.3 Å². The number of carbonyl (C=O) groups is 1. The Morgan fingerprint density at radius 1 is 1.17 bits per heavy atom. The summed E-state index contributed by atoms with van der Waals surface area (Å²) in [5.74, 6) is -0.414. The van der Waals surface area contributed by atoms with E-state index in [0.29, 0.717) is 10.6 Å². The number of benzene rings is 2. The lowest BCUT2D eigenvalue weighted by atomic mass is 10.1. The van der Waals surface area contributed by atoms with Gasteiger partial charge in [-0.2, -0.15) is 9.90 Å². The van der Waals surface area contributed by atoms with Crippen LogP contribution in [0.1, 0.15) is 22.2 Å². The highest BCUT2D eigenvalue weighted by molar-refractivity contribution is 6.31. The molecular weight excluding hydrogens is 328 g/mol. The molecule has 0 aliphatic carbocycles. The molecule has 0 aliphatic heterocycles. The van der Waals surface area contributed by atoms with Gasteiger partial charge in [-0.15, -0.1) is 5.10 Å². The van der Waals surface area contributed by atoms with Crippen molar-refractivity contribution in [2.24, 2.45) is 0 Å². The van der Waals surface area contributed by atoms with Gasteiger partial charge in [-0.3, -0.25) is 4.79 Å². The minimum absolute atomic E-state index is 0.0285. The van der Waals surface area contributed by atoms with Gasteiger partial charge in [-0.05, 0) is 18.2 Å². The molecule has 0 saturated carbocycles. The average Bonchev–Trinajstić information content (AvgIpc) is 3.11. The summed E-state index contributed by atoms with van der Waals surface area (Å²) in [5.41, 5.74) is 1.49. The topological polar surface area (TPSA) is 80.0 Å². The highest BCUT2D eigenvalue weighted by Gasteiger charge is 2.15. The van der Waals surface area contributed by atoms with Crippen LogP contribution < -0.4 is 5.32 Å². The molecule has 6 nitrogen and oxygen atoms in total. The third-order valence-corrected chi connectivity index (χ3v) is 3.78. The minimum atomic E-state index is -0.896. The van der Waals surface area contributed by atoms with Gasteiger partial charge in [0.2, 0.25) is 0 Å². The second-order valence-corrected chi connectivity index (χ2v) is 5.51. The Labute approximate surface area is 143 Å². The molecule has 3 rings (SSSR count). The predicted molar refractivity (Wildman–Crippen MR) is 90.1 cm³/mol. The summed E-state index contributed by atoms with van der Waals surface area (Å²) >= 11 is 6.02. The number of nitrogens with zero attached hydrogens (tertiary/aromatic N) is 3. The molecule has 1 amide bonds. The molecule has 0 fully saturated rings.